The molecule has 78 valence electrons. The Morgan fingerprint density at radius 2 is 2.00 bits per heavy atom. The van der Waals surface area contributed by atoms with Gasteiger partial charge in [0.1, 0.15) is 0 Å². The van der Waals surface area contributed by atoms with E-state index in [0.717, 1.165) is 12.8 Å². The molecule has 0 atom stereocenters. The van der Waals surface area contributed by atoms with E-state index in [1.54, 1.807) is 20.8 Å². The van der Waals surface area contributed by atoms with Crippen LogP contribution in [-0.4, -0.2) is 28.5 Å². The highest BCUT2D eigenvalue weighted by Crippen LogP contribution is 2.11. The molecule has 0 heterocycles. The highest BCUT2D eigenvalue weighted by Gasteiger charge is 2.25. The first-order chi connectivity index (χ1) is 5.89. The summed E-state index contributed by atoms with van der Waals surface area (Å²) in [6.07, 6.45) is 1.11. The zero-order chi connectivity index (χ0) is 10.5. The maximum atomic E-state index is 11.1. The summed E-state index contributed by atoms with van der Waals surface area (Å²) >= 11 is 0. The maximum Gasteiger partial charge on any atom is 0.434 e. The van der Waals surface area contributed by atoms with Crippen LogP contribution in [0.2, 0.25) is 0 Å². The second-order valence-corrected chi connectivity index (χ2v) is 3.95. The summed E-state index contributed by atoms with van der Waals surface area (Å²) in [6.45, 7) is 7.56. The third-order valence-corrected chi connectivity index (χ3v) is 1.53. The Morgan fingerprint density at radius 3 is 2.38 bits per heavy atom. The molecule has 0 unspecified atom stereocenters. The molecule has 0 aromatic carbocycles. The number of carbonyl (C=O) groups is 1. The summed E-state index contributed by atoms with van der Waals surface area (Å²) in [5.41, 5.74) is -0.608. The van der Waals surface area contributed by atoms with Gasteiger partial charge in [-0.15, -0.1) is 0 Å². The van der Waals surface area contributed by atoms with E-state index in [9.17, 15) is 10.0 Å². The number of nitrogens with zero attached hydrogens (tertiary/aromatic N) is 1. The fraction of sp³-hybridized carbons (Fsp3) is 0.889. The van der Waals surface area contributed by atoms with Crippen LogP contribution in [0.1, 0.15) is 40.5 Å². The molecule has 0 saturated heterocycles. The molecule has 0 aromatic rings. The van der Waals surface area contributed by atoms with Gasteiger partial charge in [-0.1, -0.05) is 13.3 Å². The molecule has 0 aromatic heterocycles. The number of carbonyl (C=O) groups excluding carboxylic acids is 1. The molecule has 0 bridgehead atoms. The van der Waals surface area contributed by atoms with Crippen molar-refractivity contribution < 1.29 is 14.7 Å². The molecule has 1 N–H and O–H groups in total. The molecule has 0 rings (SSSR count). The van der Waals surface area contributed by atoms with E-state index < -0.39 is 11.6 Å². The van der Waals surface area contributed by atoms with Gasteiger partial charge in [0.05, 0.1) is 12.1 Å². The lowest BCUT2D eigenvalue weighted by Gasteiger charge is -2.28. The zero-order valence-corrected chi connectivity index (χ0v) is 8.83. The van der Waals surface area contributed by atoms with E-state index in [1.165, 1.54) is 0 Å². The summed E-state index contributed by atoms with van der Waals surface area (Å²) in [5.74, 6) is 0. The van der Waals surface area contributed by atoms with Crippen LogP contribution in [0.4, 0.5) is 4.79 Å². The summed E-state index contributed by atoms with van der Waals surface area (Å²) < 4.78 is 4.81. The number of ether oxygens (including phenoxy) is 1. The summed E-state index contributed by atoms with van der Waals surface area (Å²) in [7, 11) is 0. The van der Waals surface area contributed by atoms with Crippen LogP contribution in [0.3, 0.4) is 0 Å². The third-order valence-electron chi connectivity index (χ3n) is 1.53. The predicted molar refractivity (Wildman–Crippen MR) is 49.6 cm³/mol. The molecule has 13 heavy (non-hydrogen) atoms. The van der Waals surface area contributed by atoms with Crippen LogP contribution in [0, 0.1) is 0 Å². The fourth-order valence-corrected chi connectivity index (χ4v) is 0.639. The fourth-order valence-electron chi connectivity index (χ4n) is 0.639. The zero-order valence-electron chi connectivity index (χ0n) is 8.83. The summed E-state index contributed by atoms with van der Waals surface area (Å²) in [4.78, 5) is 11.1. The molecule has 0 radical (unpaired) electrons. The largest absolute Gasteiger partial charge is 0.448 e. The first kappa shape index (κ1) is 12.2. The first-order valence-corrected chi connectivity index (χ1v) is 4.55. The lowest BCUT2D eigenvalue weighted by Crippen LogP contribution is -2.43. The Kier molecular flexibility index (Phi) is 4.77. The van der Waals surface area contributed by atoms with Crippen molar-refractivity contribution in [2.75, 3.05) is 6.61 Å². The van der Waals surface area contributed by atoms with Crippen molar-refractivity contribution in [3.63, 3.8) is 0 Å². The molecule has 0 aliphatic rings. The first-order valence-electron chi connectivity index (χ1n) is 4.55. The molecule has 1 amide bonds. The topological polar surface area (TPSA) is 49.8 Å². The Balaban J connectivity index is 3.84. The van der Waals surface area contributed by atoms with Crippen LogP contribution < -0.4 is 0 Å². The molecule has 4 heteroatoms. The lowest BCUT2D eigenvalue weighted by molar-refractivity contribution is -0.130. The molecule has 0 aliphatic carbocycles. The predicted octanol–water partition coefficient (Wildman–Crippen LogP) is 2.41. The van der Waals surface area contributed by atoms with Crippen LogP contribution in [-0.2, 0) is 4.74 Å². The van der Waals surface area contributed by atoms with E-state index in [4.69, 9.17) is 4.74 Å². The van der Waals surface area contributed by atoms with Crippen molar-refractivity contribution in [2.45, 2.75) is 46.1 Å². The third kappa shape index (κ3) is 4.72. The van der Waals surface area contributed by atoms with Crippen molar-refractivity contribution in [2.24, 2.45) is 0 Å². The van der Waals surface area contributed by atoms with E-state index in [0.29, 0.717) is 11.7 Å². The normalized spacial score (nSPS) is 11.2. The maximum absolute atomic E-state index is 11.1. The molecular formula is C9H19NO3. The Labute approximate surface area is 79.4 Å². The average molecular weight is 189 g/mol. The number of hydrogen-bond acceptors (Lipinski definition) is 3. The van der Waals surface area contributed by atoms with E-state index >= 15 is 0 Å². The second kappa shape index (κ2) is 5.07. The van der Waals surface area contributed by atoms with Crippen LogP contribution in [0.5, 0.6) is 0 Å². The summed E-state index contributed by atoms with van der Waals surface area (Å²) in [6, 6.07) is 0. The quantitative estimate of drug-likeness (QED) is 0.421. The van der Waals surface area contributed by atoms with E-state index in [-0.39, 0.29) is 0 Å². The number of amides is 1. The molecule has 4 nitrogen and oxygen atoms in total. The van der Waals surface area contributed by atoms with Crippen molar-refractivity contribution in [1.29, 1.82) is 0 Å². The van der Waals surface area contributed by atoms with Crippen molar-refractivity contribution in [3.05, 3.63) is 0 Å². The summed E-state index contributed by atoms with van der Waals surface area (Å²) in [5, 5.41) is 9.93. The van der Waals surface area contributed by atoms with Crippen molar-refractivity contribution in [1.82, 2.24) is 5.06 Å². The van der Waals surface area contributed by atoms with Gasteiger partial charge < -0.3 is 4.74 Å². The molecule has 0 saturated carbocycles. The number of unbranched alkanes of at least 4 members (excludes halogenated alkanes) is 1. The molecule has 0 spiro atoms. The smallest absolute Gasteiger partial charge is 0.434 e. The average Bonchev–Trinajstić information content (AvgIpc) is 2.01. The minimum atomic E-state index is -0.680. The second-order valence-electron chi connectivity index (χ2n) is 3.95. The highest BCUT2D eigenvalue weighted by atomic mass is 16.6. The molecular weight excluding hydrogens is 170 g/mol. The van der Waals surface area contributed by atoms with Gasteiger partial charge >= 0.3 is 6.09 Å². The molecule has 0 fully saturated rings. The monoisotopic (exact) mass is 189 g/mol. The highest BCUT2D eigenvalue weighted by molar-refractivity contribution is 5.66. The SMILES string of the molecule is CCCCOC(=O)N(O)C(C)(C)C. The number of rotatable bonds is 3. The Hall–Kier alpha value is -0.770. The standard InChI is InChI=1S/C9H19NO3/c1-5-6-7-13-8(11)10(12)9(2,3)4/h12H,5-7H2,1-4H3. The van der Waals surface area contributed by atoms with Crippen molar-refractivity contribution in [3.8, 4) is 0 Å². The van der Waals surface area contributed by atoms with Gasteiger partial charge in [0.2, 0.25) is 0 Å². The van der Waals surface area contributed by atoms with Gasteiger partial charge in [-0.2, -0.15) is 5.06 Å². The van der Waals surface area contributed by atoms with Crippen LogP contribution in [0.15, 0.2) is 0 Å². The minimum absolute atomic E-state index is 0.364. The van der Waals surface area contributed by atoms with E-state index in [1.807, 2.05) is 6.92 Å². The van der Waals surface area contributed by atoms with Gasteiger partial charge in [-0.05, 0) is 27.2 Å². The van der Waals surface area contributed by atoms with E-state index in [2.05, 4.69) is 0 Å². The van der Waals surface area contributed by atoms with Gasteiger partial charge in [0, 0.05) is 0 Å². The Bertz CT molecular complexity index is 163. The number of hydroxylamine groups is 2. The lowest BCUT2D eigenvalue weighted by atomic mass is 10.1. The van der Waals surface area contributed by atoms with Gasteiger partial charge in [-0.3, -0.25) is 5.21 Å². The van der Waals surface area contributed by atoms with Gasteiger partial charge in [-0.25, -0.2) is 4.79 Å². The van der Waals surface area contributed by atoms with Gasteiger partial charge in [0.15, 0.2) is 0 Å². The van der Waals surface area contributed by atoms with Crippen LogP contribution in [0.25, 0.3) is 0 Å². The minimum Gasteiger partial charge on any atom is -0.448 e. The Morgan fingerprint density at radius 1 is 1.46 bits per heavy atom. The molecule has 0 aliphatic heterocycles. The van der Waals surface area contributed by atoms with Crippen LogP contribution >= 0.6 is 0 Å². The number of hydrogen-bond donors (Lipinski definition) is 1. The van der Waals surface area contributed by atoms with Gasteiger partial charge in [0.25, 0.3) is 0 Å². The van der Waals surface area contributed by atoms with Crippen molar-refractivity contribution >= 4 is 6.09 Å².